The Labute approximate surface area is 61.6 Å². The third kappa shape index (κ3) is 4.89. The van der Waals surface area contributed by atoms with Gasteiger partial charge in [-0.15, -0.1) is 0 Å². The number of hydrogen-bond acceptors (Lipinski definition) is 4. The summed E-state index contributed by atoms with van der Waals surface area (Å²) in [6.45, 7) is 5.41. The van der Waals surface area contributed by atoms with Crippen molar-refractivity contribution in [2.75, 3.05) is 0 Å². The van der Waals surface area contributed by atoms with Crippen molar-refractivity contribution in [1.29, 1.82) is 0 Å². The standard InChI is InChI=1S/C5H14O4Si/c1-4(2)5(3)9-10(6,7)8/h4-8H,1-3H3. The van der Waals surface area contributed by atoms with Gasteiger partial charge in [-0.25, -0.2) is 0 Å². The largest absolute Gasteiger partial charge is 0.671 e. The zero-order chi connectivity index (χ0) is 8.36. The molecule has 62 valence electrons. The van der Waals surface area contributed by atoms with Crippen molar-refractivity contribution in [2.24, 2.45) is 5.92 Å². The van der Waals surface area contributed by atoms with Crippen LogP contribution in [0.3, 0.4) is 0 Å². The Morgan fingerprint density at radius 2 is 1.50 bits per heavy atom. The molecule has 0 aliphatic carbocycles. The Hall–Kier alpha value is 0.0569. The minimum Gasteiger partial charge on any atom is -0.368 e. The van der Waals surface area contributed by atoms with E-state index in [2.05, 4.69) is 4.43 Å². The second-order valence-electron chi connectivity index (χ2n) is 2.64. The molecule has 3 N–H and O–H groups in total. The van der Waals surface area contributed by atoms with Gasteiger partial charge < -0.3 is 18.8 Å². The molecule has 0 aliphatic rings. The predicted molar refractivity (Wildman–Crippen MR) is 37.8 cm³/mol. The smallest absolute Gasteiger partial charge is 0.368 e. The minimum absolute atomic E-state index is 0.165. The summed E-state index contributed by atoms with van der Waals surface area (Å²) in [6, 6.07) is 0. The van der Waals surface area contributed by atoms with Gasteiger partial charge >= 0.3 is 9.05 Å². The zero-order valence-electron chi connectivity index (χ0n) is 6.40. The molecule has 0 spiro atoms. The van der Waals surface area contributed by atoms with Crippen LogP contribution in [-0.2, 0) is 4.43 Å². The molecule has 0 aromatic rings. The van der Waals surface area contributed by atoms with Crippen LogP contribution in [0.25, 0.3) is 0 Å². The van der Waals surface area contributed by atoms with Crippen molar-refractivity contribution in [2.45, 2.75) is 26.9 Å². The van der Waals surface area contributed by atoms with E-state index < -0.39 is 9.05 Å². The molecular weight excluding hydrogens is 152 g/mol. The molecule has 0 amide bonds. The lowest BCUT2D eigenvalue weighted by Crippen LogP contribution is -2.43. The SMILES string of the molecule is CC(C)C(C)O[Si](O)(O)O. The summed E-state index contributed by atoms with van der Waals surface area (Å²) in [6.07, 6.45) is -0.327. The van der Waals surface area contributed by atoms with Crippen LogP contribution in [0.5, 0.6) is 0 Å². The maximum Gasteiger partial charge on any atom is 0.671 e. The van der Waals surface area contributed by atoms with E-state index in [1.54, 1.807) is 6.92 Å². The first-order valence-electron chi connectivity index (χ1n) is 3.18. The fourth-order valence-corrected chi connectivity index (χ4v) is 1.16. The maximum atomic E-state index is 8.46. The summed E-state index contributed by atoms with van der Waals surface area (Å²) in [7, 11) is -4.28. The molecule has 1 atom stereocenters. The van der Waals surface area contributed by atoms with Crippen LogP contribution < -0.4 is 0 Å². The highest BCUT2D eigenvalue weighted by Crippen LogP contribution is 2.07. The fraction of sp³-hybridized carbons (Fsp3) is 1.00. The van der Waals surface area contributed by atoms with E-state index >= 15 is 0 Å². The third-order valence-electron chi connectivity index (χ3n) is 1.28. The Morgan fingerprint density at radius 1 is 1.10 bits per heavy atom. The normalized spacial score (nSPS) is 15.9. The van der Waals surface area contributed by atoms with Gasteiger partial charge in [0.1, 0.15) is 0 Å². The van der Waals surface area contributed by atoms with Crippen molar-refractivity contribution >= 4 is 9.05 Å². The third-order valence-corrected chi connectivity index (χ3v) is 1.97. The first kappa shape index (κ1) is 10.1. The van der Waals surface area contributed by atoms with Gasteiger partial charge in [-0.05, 0) is 12.8 Å². The lowest BCUT2D eigenvalue weighted by molar-refractivity contribution is 0.0127. The monoisotopic (exact) mass is 166 g/mol. The second-order valence-corrected chi connectivity index (χ2v) is 4.02. The summed E-state index contributed by atoms with van der Waals surface area (Å²) in [4.78, 5) is 25.4. The van der Waals surface area contributed by atoms with Crippen molar-refractivity contribution in [3.8, 4) is 0 Å². The van der Waals surface area contributed by atoms with Gasteiger partial charge in [0.05, 0.1) is 6.10 Å². The molecule has 0 aromatic heterocycles. The maximum absolute atomic E-state index is 8.46. The Morgan fingerprint density at radius 3 is 1.60 bits per heavy atom. The molecule has 0 aromatic carbocycles. The summed E-state index contributed by atoms with van der Waals surface area (Å²) in [5.74, 6) is 0.165. The summed E-state index contributed by atoms with van der Waals surface area (Å²) in [5, 5.41) is 0. The lowest BCUT2D eigenvalue weighted by Gasteiger charge is -2.19. The van der Waals surface area contributed by atoms with E-state index in [0.29, 0.717) is 0 Å². The predicted octanol–water partition coefficient (Wildman–Crippen LogP) is -0.540. The molecule has 10 heavy (non-hydrogen) atoms. The van der Waals surface area contributed by atoms with E-state index in [9.17, 15) is 0 Å². The molecule has 0 rings (SSSR count). The fourth-order valence-electron chi connectivity index (χ4n) is 0.385. The molecule has 0 aliphatic heterocycles. The van der Waals surface area contributed by atoms with Crippen molar-refractivity contribution in [3.05, 3.63) is 0 Å². The average molecular weight is 166 g/mol. The molecule has 0 saturated heterocycles. The molecule has 0 fully saturated rings. The van der Waals surface area contributed by atoms with Crippen molar-refractivity contribution in [1.82, 2.24) is 0 Å². The second kappa shape index (κ2) is 3.45. The quantitative estimate of drug-likeness (QED) is 0.492. The zero-order valence-corrected chi connectivity index (χ0v) is 7.40. The first-order chi connectivity index (χ1) is 4.33. The molecule has 0 saturated carbocycles. The highest BCUT2D eigenvalue weighted by Gasteiger charge is 2.33. The topological polar surface area (TPSA) is 69.9 Å². The van der Waals surface area contributed by atoms with E-state index in [1.165, 1.54) is 0 Å². The van der Waals surface area contributed by atoms with Gasteiger partial charge in [0.2, 0.25) is 0 Å². The van der Waals surface area contributed by atoms with E-state index in [4.69, 9.17) is 14.4 Å². The highest BCUT2D eigenvalue weighted by molar-refractivity contribution is 6.48. The van der Waals surface area contributed by atoms with Crippen LogP contribution in [0, 0.1) is 5.92 Å². The van der Waals surface area contributed by atoms with Crippen molar-refractivity contribution in [3.63, 3.8) is 0 Å². The number of hydrogen-bond donors (Lipinski definition) is 3. The lowest BCUT2D eigenvalue weighted by atomic mass is 10.1. The van der Waals surface area contributed by atoms with Gasteiger partial charge in [-0.3, -0.25) is 0 Å². The van der Waals surface area contributed by atoms with Crippen LogP contribution in [0.15, 0.2) is 0 Å². The Bertz CT molecular complexity index is 98.3. The van der Waals surface area contributed by atoms with Crippen LogP contribution >= 0.6 is 0 Å². The molecular formula is C5H14O4Si. The van der Waals surface area contributed by atoms with Crippen LogP contribution in [0.1, 0.15) is 20.8 Å². The average Bonchev–Trinajstić information content (AvgIpc) is 1.60. The van der Waals surface area contributed by atoms with Gasteiger partial charge in [0, 0.05) is 0 Å². The molecule has 0 bridgehead atoms. The first-order valence-corrected chi connectivity index (χ1v) is 4.93. The summed E-state index contributed by atoms with van der Waals surface area (Å²) >= 11 is 0. The van der Waals surface area contributed by atoms with Crippen LogP contribution in [-0.4, -0.2) is 29.5 Å². The molecule has 1 unspecified atom stereocenters. The van der Waals surface area contributed by atoms with E-state index in [1.807, 2.05) is 13.8 Å². The van der Waals surface area contributed by atoms with Gasteiger partial charge in [-0.1, -0.05) is 13.8 Å². The van der Waals surface area contributed by atoms with E-state index in [0.717, 1.165) is 0 Å². The summed E-state index contributed by atoms with van der Waals surface area (Å²) < 4.78 is 4.50. The van der Waals surface area contributed by atoms with Gasteiger partial charge in [0.25, 0.3) is 0 Å². The number of rotatable bonds is 3. The molecule has 0 radical (unpaired) electrons. The van der Waals surface area contributed by atoms with Crippen molar-refractivity contribution < 1.29 is 18.8 Å². The highest BCUT2D eigenvalue weighted by atomic mass is 28.4. The van der Waals surface area contributed by atoms with Gasteiger partial charge in [-0.2, -0.15) is 0 Å². The Kier molecular flexibility index (Phi) is 3.47. The minimum atomic E-state index is -4.28. The van der Waals surface area contributed by atoms with Crippen LogP contribution in [0.4, 0.5) is 0 Å². The Balaban J connectivity index is 3.68. The van der Waals surface area contributed by atoms with Crippen LogP contribution in [0.2, 0.25) is 0 Å². The van der Waals surface area contributed by atoms with E-state index in [-0.39, 0.29) is 12.0 Å². The molecule has 0 heterocycles. The summed E-state index contributed by atoms with van der Waals surface area (Å²) in [5.41, 5.74) is 0. The molecule has 4 nitrogen and oxygen atoms in total. The molecule has 5 heteroatoms. The van der Waals surface area contributed by atoms with Gasteiger partial charge in [0.15, 0.2) is 0 Å².